The van der Waals surface area contributed by atoms with Gasteiger partial charge in [0.2, 0.25) is 6.29 Å². The summed E-state index contributed by atoms with van der Waals surface area (Å²) < 4.78 is 15.9. The summed E-state index contributed by atoms with van der Waals surface area (Å²) in [5.74, 6) is -3.88. The van der Waals surface area contributed by atoms with Crippen LogP contribution in [0.1, 0.15) is 31.7 Å². The molecular formula is C15H19NO7. The van der Waals surface area contributed by atoms with Crippen molar-refractivity contribution in [2.45, 2.75) is 44.9 Å². The minimum atomic E-state index is -2.05. The molecule has 0 aliphatic carbocycles. The highest BCUT2D eigenvalue weighted by molar-refractivity contribution is 5.79. The number of nitrogen functional groups attached to an aromatic ring is 1. The number of rotatable bonds is 5. The molecule has 8 nitrogen and oxygen atoms in total. The van der Waals surface area contributed by atoms with Crippen molar-refractivity contribution < 1.29 is 34.0 Å². The lowest BCUT2D eigenvalue weighted by molar-refractivity contribution is -0.294. The van der Waals surface area contributed by atoms with E-state index in [1.54, 1.807) is 18.2 Å². The van der Waals surface area contributed by atoms with Gasteiger partial charge in [-0.05, 0) is 24.1 Å². The fraction of sp³-hybridized carbons (Fsp3) is 0.467. The Morgan fingerprint density at radius 3 is 2.78 bits per heavy atom. The summed E-state index contributed by atoms with van der Waals surface area (Å²) in [5, 5.41) is 18.4. The molecule has 1 saturated heterocycles. The maximum absolute atomic E-state index is 11.5. The molecule has 0 amide bonds. The molecule has 1 aromatic rings. The Labute approximate surface area is 132 Å². The first-order valence-corrected chi connectivity index (χ1v) is 7.13. The number of carbonyl (C=O) groups excluding carboxylic acids is 1. The summed E-state index contributed by atoms with van der Waals surface area (Å²) >= 11 is 0. The molecule has 0 aromatic heterocycles. The van der Waals surface area contributed by atoms with Crippen LogP contribution in [0.2, 0.25) is 0 Å². The van der Waals surface area contributed by atoms with Gasteiger partial charge in [-0.2, -0.15) is 0 Å². The summed E-state index contributed by atoms with van der Waals surface area (Å²) in [7, 11) is 0. The third kappa shape index (κ3) is 3.91. The highest BCUT2D eigenvalue weighted by Crippen LogP contribution is 2.33. The van der Waals surface area contributed by atoms with Crippen molar-refractivity contribution in [3.8, 4) is 5.75 Å². The average Bonchev–Trinajstić information content (AvgIpc) is 2.48. The van der Waals surface area contributed by atoms with E-state index in [0.29, 0.717) is 29.8 Å². The molecule has 2 atom stereocenters. The number of nitrogens with two attached hydrogens (primary N) is 1. The van der Waals surface area contributed by atoms with Crippen LogP contribution in [0.25, 0.3) is 0 Å². The van der Waals surface area contributed by atoms with E-state index in [1.165, 1.54) is 0 Å². The lowest BCUT2D eigenvalue weighted by Gasteiger charge is -2.36. The Hall–Kier alpha value is -2.32. The van der Waals surface area contributed by atoms with E-state index in [0.717, 1.165) is 6.92 Å². The topological polar surface area (TPSA) is 128 Å². The van der Waals surface area contributed by atoms with Crippen molar-refractivity contribution >= 4 is 17.6 Å². The maximum atomic E-state index is 11.5. The van der Waals surface area contributed by atoms with Crippen molar-refractivity contribution in [2.75, 3.05) is 5.73 Å². The minimum absolute atomic E-state index is 0.0424. The molecule has 2 rings (SSSR count). The Morgan fingerprint density at radius 2 is 2.22 bits per heavy atom. The van der Waals surface area contributed by atoms with E-state index in [4.69, 9.17) is 25.1 Å². The molecule has 23 heavy (non-hydrogen) atoms. The van der Waals surface area contributed by atoms with Crippen LogP contribution in [-0.2, 0) is 25.7 Å². The third-order valence-electron chi connectivity index (χ3n) is 3.42. The highest BCUT2D eigenvalue weighted by Gasteiger charge is 2.48. The van der Waals surface area contributed by atoms with Crippen LogP contribution in [0.15, 0.2) is 18.2 Å². The number of hydrogen-bond donors (Lipinski definition) is 3. The van der Waals surface area contributed by atoms with E-state index in [9.17, 15) is 14.7 Å². The number of carbonyl (C=O) groups is 2. The minimum Gasteiger partial charge on any atom is -0.476 e. The van der Waals surface area contributed by atoms with Crippen LogP contribution in [0.5, 0.6) is 5.75 Å². The predicted octanol–water partition coefficient (Wildman–Crippen LogP) is 1.01. The Morgan fingerprint density at radius 1 is 1.48 bits per heavy atom. The second-order valence-electron chi connectivity index (χ2n) is 5.24. The van der Waals surface area contributed by atoms with E-state index >= 15 is 0 Å². The number of hydrogen-bond acceptors (Lipinski definition) is 7. The van der Waals surface area contributed by atoms with E-state index in [-0.39, 0.29) is 13.0 Å². The van der Waals surface area contributed by atoms with Gasteiger partial charge >= 0.3 is 17.7 Å². The van der Waals surface area contributed by atoms with Crippen LogP contribution in [0.4, 0.5) is 5.69 Å². The molecule has 4 N–H and O–H groups in total. The number of aliphatic hydroxyl groups is 1. The Kier molecular flexibility index (Phi) is 5.07. The van der Waals surface area contributed by atoms with Crippen LogP contribution in [0, 0.1) is 0 Å². The number of esters is 1. The molecule has 0 bridgehead atoms. The first-order chi connectivity index (χ1) is 10.9. The quantitative estimate of drug-likeness (QED) is 0.540. The highest BCUT2D eigenvalue weighted by atomic mass is 16.8. The van der Waals surface area contributed by atoms with Crippen molar-refractivity contribution in [3.05, 3.63) is 23.8 Å². The van der Waals surface area contributed by atoms with Crippen LogP contribution in [-0.4, -0.2) is 34.2 Å². The molecule has 1 fully saturated rings. The average molecular weight is 325 g/mol. The van der Waals surface area contributed by atoms with Crippen molar-refractivity contribution in [3.63, 3.8) is 0 Å². The number of ether oxygens (including phenoxy) is 3. The molecule has 1 aliphatic rings. The van der Waals surface area contributed by atoms with Crippen LogP contribution in [0.3, 0.4) is 0 Å². The van der Waals surface area contributed by atoms with Gasteiger partial charge in [0.25, 0.3) is 0 Å². The molecule has 8 heteroatoms. The fourth-order valence-electron chi connectivity index (χ4n) is 2.37. The largest absolute Gasteiger partial charge is 0.476 e. The van der Waals surface area contributed by atoms with Gasteiger partial charge in [0.15, 0.2) is 0 Å². The maximum Gasteiger partial charge on any atom is 0.377 e. The number of aliphatic carboxylic acids is 1. The van der Waals surface area contributed by atoms with Gasteiger partial charge in [0.1, 0.15) is 5.75 Å². The molecular weight excluding hydrogens is 306 g/mol. The van der Waals surface area contributed by atoms with E-state index in [2.05, 4.69) is 0 Å². The SMILES string of the molecule is CC(=O)OC1(C(=O)O)CCCC(Oc2ccc(CO)cc2N)O1. The first-order valence-electron chi connectivity index (χ1n) is 7.13. The first kappa shape index (κ1) is 17.0. The molecule has 1 aromatic carbocycles. The summed E-state index contributed by atoms with van der Waals surface area (Å²) in [5.41, 5.74) is 6.74. The Bertz CT molecular complexity index is 603. The van der Waals surface area contributed by atoms with Crippen LogP contribution < -0.4 is 10.5 Å². The fourth-order valence-corrected chi connectivity index (χ4v) is 2.37. The number of carboxylic acids is 1. The van der Waals surface area contributed by atoms with Gasteiger partial charge in [0.05, 0.1) is 12.3 Å². The Balaban J connectivity index is 2.14. The molecule has 1 heterocycles. The molecule has 0 radical (unpaired) electrons. The van der Waals surface area contributed by atoms with Gasteiger partial charge < -0.3 is 25.4 Å². The van der Waals surface area contributed by atoms with Gasteiger partial charge in [-0.3, -0.25) is 9.53 Å². The van der Waals surface area contributed by atoms with Gasteiger partial charge in [-0.25, -0.2) is 4.79 Å². The number of aliphatic hydroxyl groups excluding tert-OH is 1. The lowest BCUT2D eigenvalue weighted by atomic mass is 10.0. The van der Waals surface area contributed by atoms with Crippen molar-refractivity contribution in [2.24, 2.45) is 0 Å². The summed E-state index contributed by atoms with van der Waals surface area (Å²) in [6, 6.07) is 4.74. The predicted molar refractivity (Wildman–Crippen MR) is 78.3 cm³/mol. The molecule has 2 unspecified atom stereocenters. The van der Waals surface area contributed by atoms with Crippen LogP contribution >= 0.6 is 0 Å². The smallest absolute Gasteiger partial charge is 0.377 e. The number of benzene rings is 1. The lowest BCUT2D eigenvalue weighted by Crippen LogP contribution is -2.51. The summed E-state index contributed by atoms with van der Waals surface area (Å²) in [6.45, 7) is 0.961. The zero-order chi connectivity index (χ0) is 17.0. The second-order valence-corrected chi connectivity index (χ2v) is 5.24. The molecule has 126 valence electrons. The zero-order valence-electron chi connectivity index (χ0n) is 12.7. The molecule has 0 spiro atoms. The second kappa shape index (κ2) is 6.84. The monoisotopic (exact) mass is 325 g/mol. The number of carboxylic acid groups (broad SMARTS) is 1. The van der Waals surface area contributed by atoms with Crippen molar-refractivity contribution in [1.29, 1.82) is 0 Å². The normalized spacial score (nSPS) is 24.0. The summed E-state index contributed by atoms with van der Waals surface area (Å²) in [6.07, 6.45) is -0.00154. The van der Waals surface area contributed by atoms with Gasteiger partial charge in [0, 0.05) is 19.8 Å². The molecule has 1 aliphatic heterocycles. The summed E-state index contributed by atoms with van der Waals surface area (Å²) in [4.78, 5) is 22.6. The zero-order valence-corrected chi connectivity index (χ0v) is 12.7. The molecule has 0 saturated carbocycles. The van der Waals surface area contributed by atoms with E-state index < -0.39 is 24.0 Å². The number of anilines is 1. The third-order valence-corrected chi connectivity index (χ3v) is 3.42. The van der Waals surface area contributed by atoms with E-state index in [1.807, 2.05) is 0 Å². The van der Waals surface area contributed by atoms with Gasteiger partial charge in [-0.1, -0.05) is 6.07 Å². The standard InChI is InChI=1S/C15H19NO7/c1-9(18)22-15(14(19)20)6-2-3-13(23-15)21-12-5-4-10(8-17)7-11(12)16/h4-5,7,13,17H,2-3,6,8,16H2,1H3,(H,19,20). The van der Waals surface area contributed by atoms with Crippen molar-refractivity contribution in [1.82, 2.24) is 0 Å². The van der Waals surface area contributed by atoms with Gasteiger partial charge in [-0.15, -0.1) is 0 Å².